The summed E-state index contributed by atoms with van der Waals surface area (Å²) in [6.45, 7) is 0.967. The molecule has 2 aromatic carbocycles. The zero-order valence-corrected chi connectivity index (χ0v) is 12.0. The second-order valence-electron chi connectivity index (χ2n) is 4.89. The van der Waals surface area contributed by atoms with Gasteiger partial charge in [0.05, 0.1) is 6.10 Å². The normalized spacial score (nSPS) is 13.4. The second kappa shape index (κ2) is 6.91. The highest BCUT2D eigenvalue weighted by Gasteiger charge is 2.25. The minimum absolute atomic E-state index is 0.329. The monoisotopic (exact) mass is 303 g/mol. The molecule has 0 spiro atoms. The minimum Gasteiger partial charge on any atom is -0.483 e. The van der Waals surface area contributed by atoms with Crippen molar-refractivity contribution in [3.8, 4) is 5.75 Å². The molecule has 0 saturated heterocycles. The van der Waals surface area contributed by atoms with Crippen LogP contribution in [-0.2, 0) is 9.59 Å². The summed E-state index contributed by atoms with van der Waals surface area (Å²) < 4.78 is 5.45. The van der Waals surface area contributed by atoms with Gasteiger partial charge in [0.15, 0.2) is 12.6 Å². The highest BCUT2D eigenvalue weighted by Crippen LogP contribution is 2.24. The quantitative estimate of drug-likeness (QED) is 0.744. The van der Waals surface area contributed by atoms with Crippen LogP contribution < -0.4 is 10.1 Å². The van der Waals surface area contributed by atoms with Crippen molar-refractivity contribution in [2.24, 2.45) is 0 Å². The zero-order chi connectivity index (χ0) is 16.1. The molecule has 1 amide bonds. The molecule has 22 heavy (non-hydrogen) atoms. The maximum Gasteiger partial charge on any atom is 0.328 e. The molecule has 6 nitrogen and oxygen atoms in total. The lowest BCUT2D eigenvalue weighted by Gasteiger charge is -2.17. The molecular formula is C16H17NO5. The van der Waals surface area contributed by atoms with E-state index in [-0.39, 0.29) is 6.61 Å². The third-order valence-electron chi connectivity index (χ3n) is 3.17. The van der Waals surface area contributed by atoms with Crippen LogP contribution in [0.15, 0.2) is 42.5 Å². The maximum absolute atomic E-state index is 11.8. The molecule has 6 heteroatoms. The van der Waals surface area contributed by atoms with Gasteiger partial charge in [0.25, 0.3) is 5.91 Å². The summed E-state index contributed by atoms with van der Waals surface area (Å²) in [7, 11) is 0. The van der Waals surface area contributed by atoms with E-state index in [9.17, 15) is 14.7 Å². The Morgan fingerprint density at radius 3 is 2.55 bits per heavy atom. The van der Waals surface area contributed by atoms with Gasteiger partial charge < -0.3 is 20.3 Å². The zero-order valence-electron chi connectivity index (χ0n) is 12.0. The summed E-state index contributed by atoms with van der Waals surface area (Å²) in [4.78, 5) is 22.7. The summed E-state index contributed by atoms with van der Waals surface area (Å²) >= 11 is 0. The van der Waals surface area contributed by atoms with Crippen LogP contribution in [0.4, 0.5) is 0 Å². The third-order valence-corrected chi connectivity index (χ3v) is 3.17. The SMILES string of the molecule is C[C@@H](O)[C@H](NC(=O)COc1cccc2ccccc12)C(=O)O. The van der Waals surface area contributed by atoms with E-state index in [1.165, 1.54) is 6.92 Å². The molecule has 3 N–H and O–H groups in total. The molecule has 2 aromatic rings. The van der Waals surface area contributed by atoms with Gasteiger partial charge in [-0.1, -0.05) is 36.4 Å². The highest BCUT2D eigenvalue weighted by molar-refractivity contribution is 5.89. The average Bonchev–Trinajstić information content (AvgIpc) is 2.49. The molecule has 0 unspecified atom stereocenters. The summed E-state index contributed by atoms with van der Waals surface area (Å²) in [6, 6.07) is 11.7. The summed E-state index contributed by atoms with van der Waals surface area (Å²) in [5.41, 5.74) is 0. The minimum atomic E-state index is -1.36. The molecule has 0 bridgehead atoms. The number of aliphatic carboxylic acids is 1. The first kappa shape index (κ1) is 15.8. The topological polar surface area (TPSA) is 95.9 Å². The smallest absolute Gasteiger partial charge is 0.328 e. The highest BCUT2D eigenvalue weighted by atomic mass is 16.5. The number of hydrogen-bond acceptors (Lipinski definition) is 4. The molecule has 0 aliphatic heterocycles. The van der Waals surface area contributed by atoms with Crippen molar-refractivity contribution in [1.29, 1.82) is 0 Å². The van der Waals surface area contributed by atoms with Crippen molar-refractivity contribution in [2.45, 2.75) is 19.1 Å². The van der Waals surface area contributed by atoms with Crippen LogP contribution in [0.1, 0.15) is 6.92 Å². The van der Waals surface area contributed by atoms with E-state index in [0.717, 1.165) is 10.8 Å². The van der Waals surface area contributed by atoms with Crippen LogP contribution in [0.5, 0.6) is 5.75 Å². The Morgan fingerprint density at radius 2 is 1.86 bits per heavy atom. The van der Waals surface area contributed by atoms with E-state index in [2.05, 4.69) is 5.32 Å². The molecular weight excluding hydrogens is 286 g/mol. The predicted octanol–water partition coefficient (Wildman–Crippen LogP) is 1.17. The fraction of sp³-hybridized carbons (Fsp3) is 0.250. The van der Waals surface area contributed by atoms with Crippen LogP contribution in [0.25, 0.3) is 10.8 Å². The number of aliphatic hydroxyl groups is 1. The average molecular weight is 303 g/mol. The van der Waals surface area contributed by atoms with Crippen LogP contribution in [0, 0.1) is 0 Å². The number of aliphatic hydroxyl groups excluding tert-OH is 1. The maximum atomic E-state index is 11.8. The summed E-state index contributed by atoms with van der Waals surface area (Å²) in [5.74, 6) is -1.37. The van der Waals surface area contributed by atoms with Crippen LogP contribution >= 0.6 is 0 Å². The number of carbonyl (C=O) groups is 2. The molecule has 0 saturated carbocycles. The van der Waals surface area contributed by atoms with Crippen LogP contribution in [0.3, 0.4) is 0 Å². The molecule has 0 aliphatic rings. The molecule has 116 valence electrons. The van der Waals surface area contributed by atoms with E-state index in [0.29, 0.717) is 5.75 Å². The molecule has 2 atom stereocenters. The van der Waals surface area contributed by atoms with Crippen molar-refractivity contribution < 1.29 is 24.5 Å². The standard InChI is InChI=1S/C16H17NO5/c1-10(18)15(16(20)21)17-14(19)9-22-13-8-4-6-11-5-2-3-7-12(11)13/h2-8,10,15,18H,9H2,1H3,(H,17,19)(H,20,21)/t10-,15+/m1/s1. The van der Waals surface area contributed by atoms with Crippen molar-refractivity contribution in [2.75, 3.05) is 6.61 Å². The lowest BCUT2D eigenvalue weighted by molar-refractivity contribution is -0.145. The number of fused-ring (bicyclic) bond motifs is 1. The third kappa shape index (κ3) is 3.73. The lowest BCUT2D eigenvalue weighted by atomic mass is 10.1. The Bertz CT molecular complexity index is 678. The number of nitrogens with one attached hydrogen (secondary N) is 1. The molecule has 2 rings (SSSR count). The van der Waals surface area contributed by atoms with Gasteiger partial charge in [-0.15, -0.1) is 0 Å². The molecule has 0 aliphatic carbocycles. The number of rotatable bonds is 6. The van der Waals surface area contributed by atoms with Gasteiger partial charge in [-0.2, -0.15) is 0 Å². The van der Waals surface area contributed by atoms with Gasteiger partial charge in [0.1, 0.15) is 5.75 Å². The van der Waals surface area contributed by atoms with E-state index < -0.39 is 24.0 Å². The number of ether oxygens (including phenoxy) is 1. The molecule has 0 aromatic heterocycles. The largest absolute Gasteiger partial charge is 0.483 e. The van der Waals surface area contributed by atoms with Crippen molar-refractivity contribution in [3.05, 3.63) is 42.5 Å². The number of amides is 1. The Labute approximate surface area is 127 Å². The van der Waals surface area contributed by atoms with Gasteiger partial charge in [-0.05, 0) is 18.4 Å². The van der Waals surface area contributed by atoms with E-state index >= 15 is 0 Å². The Kier molecular flexibility index (Phi) is 4.95. The second-order valence-corrected chi connectivity index (χ2v) is 4.89. The van der Waals surface area contributed by atoms with Crippen molar-refractivity contribution >= 4 is 22.6 Å². The molecule has 0 fully saturated rings. The fourth-order valence-corrected chi connectivity index (χ4v) is 2.07. The van der Waals surface area contributed by atoms with Crippen LogP contribution in [-0.4, -0.2) is 40.8 Å². The van der Waals surface area contributed by atoms with Gasteiger partial charge in [0.2, 0.25) is 0 Å². The van der Waals surface area contributed by atoms with Gasteiger partial charge >= 0.3 is 5.97 Å². The van der Waals surface area contributed by atoms with E-state index in [1.54, 1.807) is 6.07 Å². The van der Waals surface area contributed by atoms with Gasteiger partial charge in [-0.25, -0.2) is 4.79 Å². The first-order chi connectivity index (χ1) is 10.5. The number of carboxylic acid groups (broad SMARTS) is 1. The fourth-order valence-electron chi connectivity index (χ4n) is 2.07. The first-order valence-electron chi connectivity index (χ1n) is 6.80. The Morgan fingerprint density at radius 1 is 1.18 bits per heavy atom. The van der Waals surface area contributed by atoms with Crippen molar-refractivity contribution in [3.63, 3.8) is 0 Å². The van der Waals surface area contributed by atoms with Crippen LogP contribution in [0.2, 0.25) is 0 Å². The number of carbonyl (C=O) groups excluding carboxylic acids is 1. The van der Waals surface area contributed by atoms with Crippen molar-refractivity contribution in [1.82, 2.24) is 5.32 Å². The first-order valence-corrected chi connectivity index (χ1v) is 6.80. The number of benzene rings is 2. The van der Waals surface area contributed by atoms with Gasteiger partial charge in [-0.3, -0.25) is 4.79 Å². The summed E-state index contributed by atoms with van der Waals surface area (Å²) in [5, 5.41) is 22.3. The number of hydrogen-bond donors (Lipinski definition) is 3. The summed E-state index contributed by atoms with van der Waals surface area (Å²) in [6.07, 6.45) is -1.20. The lowest BCUT2D eigenvalue weighted by Crippen LogP contribution is -2.49. The molecule has 0 heterocycles. The Hall–Kier alpha value is -2.60. The van der Waals surface area contributed by atoms with E-state index in [4.69, 9.17) is 9.84 Å². The van der Waals surface area contributed by atoms with E-state index in [1.807, 2.05) is 36.4 Å². The van der Waals surface area contributed by atoms with Gasteiger partial charge in [0, 0.05) is 5.39 Å². The Balaban J connectivity index is 2.03. The number of carboxylic acids is 1. The molecule has 0 radical (unpaired) electrons. The predicted molar refractivity (Wildman–Crippen MR) is 80.7 cm³/mol.